The Morgan fingerprint density at radius 2 is 1.42 bits per heavy atom. The largest absolute Gasteiger partial charge is 0.508 e. The number of hydrogen-bond donors (Lipinski definition) is 1. The summed E-state index contributed by atoms with van der Waals surface area (Å²) >= 11 is 11.3. The molecule has 0 spiro atoms. The molecule has 15 heteroatoms. The number of hydrogen-bond acceptors (Lipinski definition) is 10. The summed E-state index contributed by atoms with van der Waals surface area (Å²) in [6.45, 7) is 0.883. The lowest BCUT2D eigenvalue weighted by Crippen LogP contribution is -2.16. The molecule has 1 aromatic carbocycles. The van der Waals surface area contributed by atoms with Crippen molar-refractivity contribution >= 4 is 52.1 Å². The highest BCUT2D eigenvalue weighted by atomic mass is 35.5. The van der Waals surface area contributed by atoms with Gasteiger partial charge in [-0.05, 0) is 6.92 Å². The SMILES string of the molecule is CCOC(=O)OCCNc1c([N+](=O)[O-])c(Cl)c([N+](=O)[O-])c(Cl)c1[N+](=O)[O-]. The van der Waals surface area contributed by atoms with Crippen molar-refractivity contribution < 1.29 is 29.0 Å². The van der Waals surface area contributed by atoms with Gasteiger partial charge in [0.05, 0.1) is 21.4 Å². The number of nitro groups is 3. The third-order valence-corrected chi connectivity index (χ3v) is 3.45. The summed E-state index contributed by atoms with van der Waals surface area (Å²) in [5, 5.41) is 33.8. The van der Waals surface area contributed by atoms with Crippen LogP contribution in [0, 0.1) is 30.3 Å². The van der Waals surface area contributed by atoms with Crippen molar-refractivity contribution in [3.8, 4) is 0 Å². The standard InChI is InChI=1S/C11H10Cl2N4O9/c1-2-25-11(18)26-4-3-14-7-9(16(21)22)5(12)8(15(19)20)6(13)10(7)17(23)24/h14H,2-4H2,1H3. The first-order valence-electron chi connectivity index (χ1n) is 6.64. The summed E-state index contributed by atoms with van der Waals surface area (Å²) < 4.78 is 9.07. The minimum Gasteiger partial charge on any atom is -0.435 e. The number of nitro benzene ring substituents is 3. The van der Waals surface area contributed by atoms with Crippen LogP contribution in [0.2, 0.25) is 10.0 Å². The molecule has 0 radical (unpaired) electrons. The fraction of sp³-hybridized carbons (Fsp3) is 0.364. The Balaban J connectivity index is 3.32. The molecular weight excluding hydrogens is 403 g/mol. The fourth-order valence-electron chi connectivity index (χ4n) is 1.79. The molecule has 142 valence electrons. The van der Waals surface area contributed by atoms with Gasteiger partial charge in [0.2, 0.25) is 10.0 Å². The summed E-state index contributed by atoms with van der Waals surface area (Å²) in [6.07, 6.45) is -1.02. The van der Waals surface area contributed by atoms with Gasteiger partial charge < -0.3 is 14.8 Å². The molecule has 0 atom stereocenters. The van der Waals surface area contributed by atoms with Crippen LogP contribution in [0.15, 0.2) is 0 Å². The molecular formula is C11H10Cl2N4O9. The molecule has 0 heterocycles. The van der Waals surface area contributed by atoms with Gasteiger partial charge in [-0.3, -0.25) is 30.3 Å². The molecule has 1 aromatic rings. The van der Waals surface area contributed by atoms with Crippen LogP contribution in [-0.4, -0.2) is 40.7 Å². The van der Waals surface area contributed by atoms with Gasteiger partial charge >= 0.3 is 23.2 Å². The van der Waals surface area contributed by atoms with Crippen molar-refractivity contribution in [2.45, 2.75) is 6.92 Å². The highest BCUT2D eigenvalue weighted by molar-refractivity contribution is 6.42. The maximum atomic E-state index is 11.2. The van der Waals surface area contributed by atoms with Crippen LogP contribution >= 0.6 is 23.2 Å². The first-order valence-corrected chi connectivity index (χ1v) is 7.40. The van der Waals surface area contributed by atoms with Crippen molar-refractivity contribution in [3.63, 3.8) is 0 Å². The monoisotopic (exact) mass is 412 g/mol. The molecule has 1 rings (SSSR count). The third kappa shape index (κ3) is 4.58. The predicted octanol–water partition coefficient (Wildman–Crippen LogP) is 3.30. The quantitative estimate of drug-likeness (QED) is 0.288. The maximum absolute atomic E-state index is 11.2. The zero-order valence-electron chi connectivity index (χ0n) is 12.9. The third-order valence-electron chi connectivity index (χ3n) is 2.74. The maximum Gasteiger partial charge on any atom is 0.508 e. The lowest BCUT2D eigenvalue weighted by Gasteiger charge is -2.10. The smallest absolute Gasteiger partial charge is 0.435 e. The van der Waals surface area contributed by atoms with Gasteiger partial charge in [0.15, 0.2) is 5.69 Å². The fourth-order valence-corrected chi connectivity index (χ4v) is 2.50. The van der Waals surface area contributed by atoms with Crippen LogP contribution in [0.5, 0.6) is 0 Å². The van der Waals surface area contributed by atoms with Crippen molar-refractivity contribution in [3.05, 3.63) is 40.4 Å². The van der Waals surface area contributed by atoms with E-state index in [9.17, 15) is 35.1 Å². The van der Waals surface area contributed by atoms with E-state index >= 15 is 0 Å². The molecule has 0 aliphatic rings. The highest BCUT2D eigenvalue weighted by Gasteiger charge is 2.41. The predicted molar refractivity (Wildman–Crippen MR) is 87.9 cm³/mol. The second-order valence-corrected chi connectivity index (χ2v) is 5.03. The zero-order chi connectivity index (χ0) is 20.0. The molecule has 0 aromatic heterocycles. The first kappa shape index (κ1) is 21.1. The summed E-state index contributed by atoms with van der Waals surface area (Å²) in [5.74, 6) is 0. The van der Waals surface area contributed by atoms with Gasteiger partial charge in [-0.15, -0.1) is 0 Å². The number of nitrogens with zero attached hydrogens (tertiary/aromatic N) is 3. The zero-order valence-corrected chi connectivity index (χ0v) is 14.4. The summed E-state index contributed by atoms with van der Waals surface area (Å²) in [7, 11) is 0. The topological polar surface area (TPSA) is 177 Å². The van der Waals surface area contributed by atoms with Crippen molar-refractivity contribution in [1.82, 2.24) is 0 Å². The van der Waals surface area contributed by atoms with Gasteiger partial charge in [-0.1, -0.05) is 23.2 Å². The Morgan fingerprint density at radius 1 is 0.962 bits per heavy atom. The highest BCUT2D eigenvalue weighted by Crippen LogP contribution is 2.51. The summed E-state index contributed by atoms with van der Waals surface area (Å²) in [6, 6.07) is 0. The lowest BCUT2D eigenvalue weighted by atomic mass is 10.2. The second kappa shape index (κ2) is 8.96. The number of anilines is 1. The van der Waals surface area contributed by atoms with Crippen molar-refractivity contribution in [2.24, 2.45) is 0 Å². The van der Waals surface area contributed by atoms with E-state index in [4.69, 9.17) is 23.2 Å². The van der Waals surface area contributed by atoms with Gasteiger partial charge in [0.1, 0.15) is 6.61 Å². The van der Waals surface area contributed by atoms with Crippen LogP contribution in [0.4, 0.5) is 27.5 Å². The van der Waals surface area contributed by atoms with E-state index in [0.717, 1.165) is 0 Å². The Labute approximate surface area is 154 Å². The molecule has 0 fully saturated rings. The number of carbonyl (C=O) groups is 1. The van der Waals surface area contributed by atoms with E-state index < -0.39 is 53.7 Å². The normalized spacial score (nSPS) is 10.1. The molecule has 1 N–H and O–H groups in total. The van der Waals surface area contributed by atoms with Gasteiger partial charge in [0.25, 0.3) is 0 Å². The van der Waals surface area contributed by atoms with Crippen LogP contribution in [0.25, 0.3) is 0 Å². The van der Waals surface area contributed by atoms with E-state index in [1.165, 1.54) is 6.92 Å². The Bertz CT molecular complexity index is 730. The lowest BCUT2D eigenvalue weighted by molar-refractivity contribution is -0.401. The van der Waals surface area contributed by atoms with Crippen LogP contribution < -0.4 is 5.32 Å². The number of halogens is 2. The summed E-state index contributed by atoms with van der Waals surface area (Å²) in [5.41, 5.74) is -4.13. The minimum absolute atomic E-state index is 0.0524. The Morgan fingerprint density at radius 3 is 1.81 bits per heavy atom. The molecule has 0 aliphatic carbocycles. The first-order chi connectivity index (χ1) is 12.1. The van der Waals surface area contributed by atoms with Crippen LogP contribution in [0.3, 0.4) is 0 Å². The van der Waals surface area contributed by atoms with Gasteiger partial charge in [-0.25, -0.2) is 4.79 Å². The molecule has 26 heavy (non-hydrogen) atoms. The number of rotatable bonds is 8. The van der Waals surface area contributed by atoms with E-state index in [1.54, 1.807) is 0 Å². The van der Waals surface area contributed by atoms with E-state index in [2.05, 4.69) is 14.8 Å². The molecule has 0 saturated heterocycles. The van der Waals surface area contributed by atoms with Gasteiger partial charge in [0, 0.05) is 6.54 Å². The van der Waals surface area contributed by atoms with E-state index in [0.29, 0.717) is 0 Å². The van der Waals surface area contributed by atoms with E-state index in [1.807, 2.05) is 0 Å². The number of nitrogens with one attached hydrogen (secondary N) is 1. The molecule has 0 aliphatic heterocycles. The minimum atomic E-state index is -1.17. The molecule has 0 saturated carbocycles. The Kier molecular flexibility index (Phi) is 7.28. The number of ether oxygens (including phenoxy) is 2. The molecule has 0 amide bonds. The average Bonchev–Trinajstić information content (AvgIpc) is 2.50. The average molecular weight is 413 g/mol. The van der Waals surface area contributed by atoms with Crippen LogP contribution in [0.1, 0.15) is 6.92 Å². The molecule has 13 nitrogen and oxygen atoms in total. The number of carbonyl (C=O) groups excluding carboxylic acids is 1. The number of benzene rings is 1. The van der Waals surface area contributed by atoms with Gasteiger partial charge in [-0.2, -0.15) is 0 Å². The molecule has 0 unspecified atom stereocenters. The molecule has 0 bridgehead atoms. The summed E-state index contributed by atoms with van der Waals surface area (Å²) in [4.78, 5) is 41.0. The van der Waals surface area contributed by atoms with Crippen LogP contribution in [-0.2, 0) is 9.47 Å². The van der Waals surface area contributed by atoms with Crippen molar-refractivity contribution in [2.75, 3.05) is 25.1 Å². The van der Waals surface area contributed by atoms with Crippen molar-refractivity contribution in [1.29, 1.82) is 0 Å². The Hall–Kier alpha value is -2.93. The van der Waals surface area contributed by atoms with E-state index in [-0.39, 0.29) is 19.8 Å². The second-order valence-electron chi connectivity index (χ2n) is 4.28.